The van der Waals surface area contributed by atoms with Gasteiger partial charge >= 0.3 is 11.9 Å². The second kappa shape index (κ2) is 16.1. The van der Waals surface area contributed by atoms with E-state index in [0.717, 1.165) is 78.1 Å². The molecule has 0 saturated carbocycles. The van der Waals surface area contributed by atoms with Gasteiger partial charge in [0.2, 0.25) is 0 Å². The van der Waals surface area contributed by atoms with Crippen LogP contribution < -0.4 is 14.7 Å². The fraction of sp³-hybridized carbons (Fsp3) is 0.0417. The summed E-state index contributed by atoms with van der Waals surface area (Å²) in [4.78, 5) is 44.4. The van der Waals surface area contributed by atoms with Crippen LogP contribution in [0.2, 0.25) is 0 Å². The number of ether oxygens (including phenoxy) is 1. The van der Waals surface area contributed by atoms with E-state index in [1.54, 1.807) is 12.1 Å². The third-order valence-corrected chi connectivity index (χ3v) is 9.71. The van der Waals surface area contributed by atoms with Gasteiger partial charge in [-0.15, -0.1) is 22.1 Å². The van der Waals surface area contributed by atoms with Crippen LogP contribution in [-0.2, 0) is 32.0 Å². The first-order valence-electron chi connectivity index (χ1n) is 18.2. The minimum Gasteiger partial charge on any atom is -0.657 e. The number of aromatic nitrogens is 4. The van der Waals surface area contributed by atoms with Crippen molar-refractivity contribution in [2.24, 2.45) is 0 Å². The second-order valence-corrected chi connectivity index (χ2v) is 13.4. The van der Waals surface area contributed by atoms with Crippen LogP contribution in [0.25, 0.3) is 90.9 Å². The normalized spacial score (nSPS) is 11.6. The summed E-state index contributed by atoms with van der Waals surface area (Å²) in [5.74, 6) is -1.36. The van der Waals surface area contributed by atoms with Crippen LogP contribution in [0.15, 0.2) is 140 Å². The van der Waals surface area contributed by atoms with Crippen molar-refractivity contribution in [3.63, 3.8) is 0 Å². The van der Waals surface area contributed by atoms with Crippen molar-refractivity contribution < 1.29 is 41.8 Å². The molecule has 8 nitrogen and oxygen atoms in total. The Balaban J connectivity index is 0.00000455. The van der Waals surface area contributed by atoms with Crippen LogP contribution in [0.1, 0.15) is 35.6 Å². The molecule has 7 aromatic rings. The first-order chi connectivity index (χ1) is 27.5. The van der Waals surface area contributed by atoms with Crippen molar-refractivity contribution in [3.8, 4) is 50.3 Å². The van der Waals surface area contributed by atoms with Gasteiger partial charge in [0, 0.05) is 22.4 Å². The molecule has 0 atom stereocenters. The summed E-state index contributed by atoms with van der Waals surface area (Å²) < 4.78 is 5.45. The summed E-state index contributed by atoms with van der Waals surface area (Å²) in [7, 11) is 0. The SMILES string of the molecule is O=C(O)CCC(=O)Oc1ccc(-c2c3nc(c(-c4ccccc4)c4ccc([n-]4)c(-c4ccccc4)c4nc(c(-c5ccccc5)c5ccc2[n-]5)C=C4)C=C3)cc1.[Au]. The number of esters is 1. The maximum absolute atomic E-state index is 12.3. The number of hydrogen-bond acceptors (Lipinski definition) is 5. The maximum Gasteiger partial charge on any atom is 0.311 e. The molecule has 9 rings (SSSR count). The fourth-order valence-electron chi connectivity index (χ4n) is 7.17. The van der Waals surface area contributed by atoms with E-state index in [0.29, 0.717) is 17.0 Å². The summed E-state index contributed by atoms with van der Waals surface area (Å²) in [5, 5.41) is 8.99. The molecular weight excluding hydrogens is 894 g/mol. The van der Waals surface area contributed by atoms with Gasteiger partial charge in [0.25, 0.3) is 0 Å². The minimum atomic E-state index is -1.06. The van der Waals surface area contributed by atoms with Gasteiger partial charge in [0.15, 0.2) is 0 Å². The monoisotopic (exact) mass is 925 g/mol. The molecule has 3 aromatic heterocycles. The van der Waals surface area contributed by atoms with Gasteiger partial charge in [0.05, 0.1) is 35.6 Å². The molecule has 5 heterocycles. The summed E-state index contributed by atoms with van der Waals surface area (Å²) in [6.07, 6.45) is 7.59. The molecule has 0 spiro atoms. The van der Waals surface area contributed by atoms with Crippen LogP contribution >= 0.6 is 0 Å². The van der Waals surface area contributed by atoms with Crippen molar-refractivity contribution >= 4 is 58.3 Å². The van der Waals surface area contributed by atoms with Crippen molar-refractivity contribution in [3.05, 3.63) is 162 Å². The van der Waals surface area contributed by atoms with Gasteiger partial charge < -0.3 is 19.8 Å². The molecule has 0 amide bonds. The van der Waals surface area contributed by atoms with Crippen molar-refractivity contribution in [1.29, 1.82) is 0 Å². The molecule has 0 fully saturated rings. The number of nitrogens with zero attached hydrogens (tertiary/aromatic N) is 4. The molecule has 4 aromatic carbocycles. The number of carboxylic acid groups (broad SMARTS) is 1. The number of hydrogen-bond donors (Lipinski definition) is 1. The van der Waals surface area contributed by atoms with Gasteiger partial charge in [-0.25, -0.2) is 9.97 Å². The molecule has 0 unspecified atom stereocenters. The van der Waals surface area contributed by atoms with E-state index in [-0.39, 0.29) is 35.2 Å². The zero-order valence-electron chi connectivity index (χ0n) is 30.3. The number of rotatable bonds is 8. The van der Waals surface area contributed by atoms with Gasteiger partial charge in [0.1, 0.15) is 5.75 Å². The van der Waals surface area contributed by atoms with Crippen LogP contribution in [-0.4, -0.2) is 27.0 Å². The van der Waals surface area contributed by atoms with Crippen LogP contribution in [0.4, 0.5) is 0 Å². The topological polar surface area (TPSA) is 118 Å². The van der Waals surface area contributed by atoms with Gasteiger partial charge in [-0.05, 0) is 80.9 Å². The van der Waals surface area contributed by atoms with Gasteiger partial charge in [-0.3, -0.25) is 9.59 Å². The number of carboxylic acids is 1. The molecule has 2 aliphatic heterocycles. The third kappa shape index (κ3) is 7.57. The minimum absolute atomic E-state index is 0. The molecule has 1 N–H and O–H groups in total. The molecule has 281 valence electrons. The van der Waals surface area contributed by atoms with E-state index in [1.165, 1.54) is 0 Å². The Morgan fingerprint density at radius 3 is 1.12 bits per heavy atom. The smallest absolute Gasteiger partial charge is 0.311 e. The molecule has 2 aliphatic rings. The summed E-state index contributed by atoms with van der Waals surface area (Å²) in [5.41, 5.74) is 13.3. The molecule has 0 aliphatic carbocycles. The Kier molecular flexibility index (Phi) is 10.5. The van der Waals surface area contributed by atoms with Crippen molar-refractivity contribution in [1.82, 2.24) is 19.9 Å². The standard InChI is InChI=1S/C48H33N4O4.Au/c53-43(54)28-29-44(55)56-34-18-16-33(17-19-34)48-41-26-24-39(51-41)46(31-12-6-2-7-13-31)37-22-20-35(49-37)45(30-10-4-1-5-11-30)36-21-23-38(50-36)47(32-14-8-3-9-15-32)40-25-27-42(48)52-40;/h1-27H,28-29H2,(H2-,49,50,51,52,53,54);/q-1;/p-1. The van der Waals surface area contributed by atoms with E-state index in [9.17, 15) is 9.59 Å². The number of benzene rings is 4. The quantitative estimate of drug-likeness (QED) is 0.0910. The Labute approximate surface area is 343 Å². The molecule has 57 heavy (non-hydrogen) atoms. The summed E-state index contributed by atoms with van der Waals surface area (Å²) >= 11 is 0. The maximum atomic E-state index is 12.3. The first kappa shape index (κ1) is 37.1. The first-order valence-corrected chi connectivity index (χ1v) is 18.2. The molecule has 1 radical (unpaired) electrons. The Hall–Kier alpha value is -6.84. The van der Waals surface area contributed by atoms with Crippen LogP contribution in [0.5, 0.6) is 5.75 Å². The molecular formula is C48H32AuN4O4-2. The largest absolute Gasteiger partial charge is 0.657 e. The van der Waals surface area contributed by atoms with E-state index >= 15 is 0 Å². The second-order valence-electron chi connectivity index (χ2n) is 13.4. The number of carbonyl (C=O) groups is 2. The number of carbonyl (C=O) groups excluding carboxylic acids is 1. The molecule has 9 heteroatoms. The van der Waals surface area contributed by atoms with Crippen molar-refractivity contribution in [2.75, 3.05) is 0 Å². The average molecular weight is 926 g/mol. The van der Waals surface area contributed by atoms with Crippen LogP contribution in [0, 0.1) is 0 Å². The summed E-state index contributed by atoms with van der Waals surface area (Å²) in [6.45, 7) is 0. The predicted octanol–water partition coefficient (Wildman–Crippen LogP) is 10.3. The zero-order chi connectivity index (χ0) is 38.0. The zero-order valence-corrected chi connectivity index (χ0v) is 32.4. The van der Waals surface area contributed by atoms with Gasteiger partial charge in [-0.1, -0.05) is 127 Å². The van der Waals surface area contributed by atoms with E-state index in [2.05, 4.69) is 48.5 Å². The predicted molar refractivity (Wildman–Crippen MR) is 221 cm³/mol. The average Bonchev–Trinajstić information content (AvgIpc) is 4.07. The van der Waals surface area contributed by atoms with Gasteiger partial charge in [-0.2, -0.15) is 0 Å². The van der Waals surface area contributed by atoms with E-state index in [1.807, 2.05) is 103 Å². The van der Waals surface area contributed by atoms with E-state index in [4.69, 9.17) is 29.8 Å². The molecule has 8 bridgehead atoms. The Bertz CT molecular complexity index is 2830. The Morgan fingerprint density at radius 1 is 0.456 bits per heavy atom. The number of fused-ring (bicyclic) bond motifs is 8. The third-order valence-electron chi connectivity index (χ3n) is 9.71. The summed E-state index contributed by atoms with van der Waals surface area (Å²) in [6, 6.07) is 45.7. The molecule has 0 saturated heterocycles. The van der Waals surface area contributed by atoms with Crippen LogP contribution in [0.3, 0.4) is 0 Å². The van der Waals surface area contributed by atoms with E-state index < -0.39 is 11.9 Å². The number of aliphatic carboxylic acids is 1. The van der Waals surface area contributed by atoms with Crippen molar-refractivity contribution in [2.45, 2.75) is 12.8 Å². The fourth-order valence-corrected chi connectivity index (χ4v) is 7.17. The Morgan fingerprint density at radius 2 is 0.789 bits per heavy atom.